The fourth-order valence-corrected chi connectivity index (χ4v) is 5.62. The van der Waals surface area contributed by atoms with Gasteiger partial charge in [0.15, 0.2) is 17.3 Å². The van der Waals surface area contributed by atoms with Crippen molar-refractivity contribution in [1.29, 1.82) is 0 Å². The molecule has 0 saturated heterocycles. The predicted octanol–water partition coefficient (Wildman–Crippen LogP) is 7.55. The number of halogens is 2. The van der Waals surface area contributed by atoms with Gasteiger partial charge in [-0.1, -0.05) is 28.1 Å². The van der Waals surface area contributed by atoms with E-state index in [1.54, 1.807) is 42.6 Å². The number of rotatable bonds is 8. The predicted molar refractivity (Wildman–Crippen MR) is 175 cm³/mol. The third kappa shape index (κ3) is 5.88. The Hall–Kier alpha value is -4.56. The lowest BCUT2D eigenvalue weighted by atomic mass is 10.2. The number of non-ortho nitro benzene ring substituents is 1. The molecule has 0 bridgehead atoms. The Kier molecular flexibility index (Phi) is 7.95. The molecule has 43 heavy (non-hydrogen) atoms. The number of para-hydroxylation sites is 1. The number of hydrogen-bond donors (Lipinski definition) is 0. The van der Waals surface area contributed by atoms with Crippen LogP contribution in [0.4, 0.5) is 5.69 Å². The molecule has 0 amide bonds. The number of nitro benzene ring substituents is 1. The second kappa shape index (κ2) is 12.0. The SMILES string of the molecule is COc1cc(C=Nn2c(-c3cc4cc(Br)ccc4o3)nc3ccccc3c2=O)cc(I)c1OCc1ccc([N+](=O)[O-])cc1. The van der Waals surface area contributed by atoms with E-state index in [0.29, 0.717) is 39.3 Å². The molecule has 0 radical (unpaired) electrons. The van der Waals surface area contributed by atoms with Crippen LogP contribution in [-0.4, -0.2) is 27.9 Å². The van der Waals surface area contributed by atoms with E-state index >= 15 is 0 Å². The summed E-state index contributed by atoms with van der Waals surface area (Å²) in [5.74, 6) is 1.63. The van der Waals surface area contributed by atoms with Crippen LogP contribution < -0.4 is 15.0 Å². The minimum atomic E-state index is -0.447. The Morgan fingerprint density at radius 3 is 2.65 bits per heavy atom. The summed E-state index contributed by atoms with van der Waals surface area (Å²) < 4.78 is 20.6. The molecule has 2 aromatic heterocycles. The number of fused-ring (bicyclic) bond motifs is 2. The van der Waals surface area contributed by atoms with Crippen molar-refractivity contribution in [2.45, 2.75) is 6.61 Å². The summed E-state index contributed by atoms with van der Waals surface area (Å²) in [5, 5.41) is 16.7. The van der Waals surface area contributed by atoms with Crippen molar-refractivity contribution in [3.63, 3.8) is 0 Å². The van der Waals surface area contributed by atoms with Crippen LogP contribution in [0.25, 0.3) is 33.5 Å². The van der Waals surface area contributed by atoms with Crippen LogP contribution in [0.1, 0.15) is 11.1 Å². The van der Waals surface area contributed by atoms with Gasteiger partial charge in [-0.25, -0.2) is 4.98 Å². The van der Waals surface area contributed by atoms with Crippen LogP contribution in [0, 0.1) is 13.7 Å². The molecule has 0 N–H and O–H groups in total. The monoisotopic (exact) mass is 750 g/mol. The third-order valence-electron chi connectivity index (χ3n) is 6.56. The average molecular weight is 751 g/mol. The van der Waals surface area contributed by atoms with E-state index in [4.69, 9.17) is 18.9 Å². The topological polar surface area (TPSA) is 122 Å². The molecular weight excluding hydrogens is 731 g/mol. The van der Waals surface area contributed by atoms with Crippen LogP contribution in [0.5, 0.6) is 11.5 Å². The maximum absolute atomic E-state index is 13.6. The standard InChI is InChI=1S/C31H20BrIN4O6/c1-41-27-13-19(12-24(33)29(27)42-17-18-6-9-22(10-7-18)37(39)40)16-34-36-30(35-25-5-3-2-4-23(25)31(36)38)28-15-20-14-21(32)8-11-26(20)43-28/h2-16H,17H2,1H3. The number of nitrogens with zero attached hydrogens (tertiary/aromatic N) is 4. The summed E-state index contributed by atoms with van der Waals surface area (Å²) in [6, 6.07) is 24.3. The van der Waals surface area contributed by atoms with E-state index < -0.39 is 4.92 Å². The zero-order valence-electron chi connectivity index (χ0n) is 22.4. The number of benzene rings is 4. The maximum atomic E-state index is 13.6. The first kappa shape index (κ1) is 28.6. The van der Waals surface area contributed by atoms with Crippen LogP contribution in [0.2, 0.25) is 0 Å². The second-order valence-electron chi connectivity index (χ2n) is 9.35. The average Bonchev–Trinajstić information content (AvgIpc) is 3.43. The van der Waals surface area contributed by atoms with Crippen molar-refractivity contribution in [1.82, 2.24) is 9.66 Å². The van der Waals surface area contributed by atoms with Crippen LogP contribution in [0.3, 0.4) is 0 Å². The molecule has 214 valence electrons. The first-order chi connectivity index (χ1) is 20.8. The molecular formula is C31H20BrIN4O6. The molecule has 10 nitrogen and oxygen atoms in total. The third-order valence-corrected chi connectivity index (χ3v) is 7.85. The Labute approximate surface area is 266 Å². The fourth-order valence-electron chi connectivity index (χ4n) is 4.46. The highest BCUT2D eigenvalue weighted by Crippen LogP contribution is 2.34. The number of hydrogen-bond acceptors (Lipinski definition) is 8. The summed E-state index contributed by atoms with van der Waals surface area (Å²) in [5.41, 5.74) is 2.27. The Morgan fingerprint density at radius 1 is 1.09 bits per heavy atom. The quantitative estimate of drug-likeness (QED) is 0.0682. The lowest BCUT2D eigenvalue weighted by molar-refractivity contribution is -0.384. The summed E-state index contributed by atoms with van der Waals surface area (Å²) in [6.07, 6.45) is 1.55. The summed E-state index contributed by atoms with van der Waals surface area (Å²) in [4.78, 5) is 28.8. The number of furan rings is 1. The first-order valence-electron chi connectivity index (χ1n) is 12.8. The molecule has 0 fully saturated rings. The molecule has 0 spiro atoms. The summed E-state index contributed by atoms with van der Waals surface area (Å²) in [6.45, 7) is 0.188. The van der Waals surface area contributed by atoms with E-state index in [9.17, 15) is 14.9 Å². The van der Waals surface area contributed by atoms with Crippen molar-refractivity contribution in [2.75, 3.05) is 7.11 Å². The van der Waals surface area contributed by atoms with Crippen molar-refractivity contribution in [3.8, 4) is 23.1 Å². The minimum Gasteiger partial charge on any atom is -0.493 e. The van der Waals surface area contributed by atoms with Gasteiger partial charge in [0.2, 0.25) is 5.82 Å². The lowest BCUT2D eigenvalue weighted by Gasteiger charge is -2.14. The molecule has 6 aromatic rings. The van der Waals surface area contributed by atoms with Gasteiger partial charge in [0.25, 0.3) is 11.2 Å². The molecule has 2 heterocycles. The van der Waals surface area contributed by atoms with E-state index in [-0.39, 0.29) is 23.7 Å². The highest BCUT2D eigenvalue weighted by molar-refractivity contribution is 14.1. The van der Waals surface area contributed by atoms with E-state index in [1.165, 1.54) is 23.9 Å². The number of aromatic nitrogens is 2. The minimum absolute atomic E-state index is 0.0109. The van der Waals surface area contributed by atoms with E-state index in [2.05, 4.69) is 43.6 Å². The Bertz CT molecular complexity index is 2110. The van der Waals surface area contributed by atoms with Crippen molar-refractivity contribution in [2.24, 2.45) is 5.10 Å². The van der Waals surface area contributed by atoms with Gasteiger partial charge in [0.1, 0.15) is 12.2 Å². The Balaban J connectivity index is 1.36. The molecule has 0 aliphatic rings. The van der Waals surface area contributed by atoms with Gasteiger partial charge >= 0.3 is 0 Å². The summed E-state index contributed by atoms with van der Waals surface area (Å²) in [7, 11) is 1.53. The number of methoxy groups -OCH3 is 1. The van der Waals surface area contributed by atoms with Crippen molar-refractivity contribution >= 4 is 72.3 Å². The first-order valence-corrected chi connectivity index (χ1v) is 14.7. The van der Waals surface area contributed by atoms with Gasteiger partial charge in [0, 0.05) is 22.0 Å². The lowest BCUT2D eigenvalue weighted by Crippen LogP contribution is -2.20. The highest BCUT2D eigenvalue weighted by Gasteiger charge is 2.17. The van der Waals surface area contributed by atoms with Crippen LogP contribution in [0.15, 0.2) is 104 Å². The van der Waals surface area contributed by atoms with Gasteiger partial charge in [0.05, 0.1) is 32.7 Å². The van der Waals surface area contributed by atoms with Gasteiger partial charge < -0.3 is 13.9 Å². The number of nitro groups is 1. The zero-order valence-corrected chi connectivity index (χ0v) is 26.1. The van der Waals surface area contributed by atoms with Crippen LogP contribution in [-0.2, 0) is 6.61 Å². The molecule has 0 atom stereocenters. The second-order valence-corrected chi connectivity index (χ2v) is 11.4. The highest BCUT2D eigenvalue weighted by atomic mass is 127. The van der Waals surface area contributed by atoms with E-state index in [0.717, 1.165) is 19.0 Å². The molecule has 12 heteroatoms. The molecule has 0 saturated carbocycles. The van der Waals surface area contributed by atoms with Gasteiger partial charge in [-0.3, -0.25) is 14.9 Å². The number of ether oxygens (including phenoxy) is 2. The summed E-state index contributed by atoms with van der Waals surface area (Å²) >= 11 is 5.62. The van der Waals surface area contributed by atoms with E-state index in [1.807, 2.05) is 36.4 Å². The molecule has 0 unspecified atom stereocenters. The Morgan fingerprint density at radius 2 is 1.88 bits per heavy atom. The molecule has 0 aliphatic carbocycles. The smallest absolute Gasteiger partial charge is 0.282 e. The van der Waals surface area contributed by atoms with Crippen LogP contribution >= 0.6 is 38.5 Å². The van der Waals surface area contributed by atoms with Crippen molar-refractivity contribution < 1.29 is 18.8 Å². The van der Waals surface area contributed by atoms with Gasteiger partial charge in [-0.15, -0.1) is 0 Å². The molecule has 6 rings (SSSR count). The zero-order chi connectivity index (χ0) is 30.1. The van der Waals surface area contributed by atoms with Gasteiger partial charge in [-0.2, -0.15) is 9.78 Å². The van der Waals surface area contributed by atoms with Gasteiger partial charge in [-0.05, 0) is 94.4 Å². The maximum Gasteiger partial charge on any atom is 0.282 e. The molecule has 4 aromatic carbocycles. The van der Waals surface area contributed by atoms with Crippen molar-refractivity contribution in [3.05, 3.63) is 125 Å². The fraction of sp³-hybridized carbons (Fsp3) is 0.0645. The normalized spacial score (nSPS) is 11.4. The largest absolute Gasteiger partial charge is 0.493 e. The molecule has 0 aliphatic heterocycles.